The second-order valence-corrected chi connectivity index (χ2v) is 7.73. The Hall–Kier alpha value is -3.44. The highest BCUT2D eigenvalue weighted by Gasteiger charge is 2.16. The number of ether oxygens (including phenoxy) is 1. The van der Waals surface area contributed by atoms with Gasteiger partial charge in [0.15, 0.2) is 0 Å². The second kappa shape index (κ2) is 7.18. The number of hydrogen-bond acceptors (Lipinski definition) is 4. The maximum Gasteiger partial charge on any atom is 0.259 e. The lowest BCUT2D eigenvalue weighted by atomic mass is 10.0. The highest BCUT2D eigenvalue weighted by atomic mass is 32.1. The summed E-state index contributed by atoms with van der Waals surface area (Å²) in [5.74, 6) is 1.25. The van der Waals surface area contributed by atoms with Crippen molar-refractivity contribution in [1.82, 2.24) is 9.97 Å². The van der Waals surface area contributed by atoms with E-state index in [1.807, 2.05) is 79.7 Å². The van der Waals surface area contributed by atoms with E-state index in [1.165, 1.54) is 11.3 Å². The van der Waals surface area contributed by atoms with E-state index >= 15 is 0 Å². The van der Waals surface area contributed by atoms with E-state index in [1.54, 1.807) is 0 Å². The average Bonchev–Trinajstić information content (AvgIpc) is 3.19. The fourth-order valence-corrected chi connectivity index (χ4v) is 4.60. The molecule has 1 N–H and O–H groups in total. The molecule has 2 heterocycles. The van der Waals surface area contributed by atoms with Gasteiger partial charge in [0.1, 0.15) is 16.4 Å². The molecule has 142 valence electrons. The molecule has 5 rings (SSSR count). The molecule has 0 atom stereocenters. The van der Waals surface area contributed by atoms with Crippen LogP contribution in [-0.4, -0.2) is 16.6 Å². The van der Waals surface area contributed by atoms with Crippen molar-refractivity contribution in [2.45, 2.75) is 6.92 Å². The zero-order valence-electron chi connectivity index (χ0n) is 15.8. The largest absolute Gasteiger partial charge is 0.493 e. The standard InChI is InChI=1S/C24H18N2O2S/c1-2-28-19-13-12-15-8-6-7-11-17(15)21(19)22-25-23(27)18-14-20(29-24(18)26-22)16-9-4-3-5-10-16/h3-14H,2H2,1H3,(H,25,26,27). The summed E-state index contributed by atoms with van der Waals surface area (Å²) in [5, 5.41) is 2.68. The fourth-order valence-electron chi connectivity index (χ4n) is 3.57. The van der Waals surface area contributed by atoms with Gasteiger partial charge >= 0.3 is 0 Å². The molecule has 29 heavy (non-hydrogen) atoms. The number of thiophene rings is 1. The monoisotopic (exact) mass is 398 g/mol. The molecule has 0 amide bonds. The molecule has 0 saturated heterocycles. The first kappa shape index (κ1) is 17.6. The van der Waals surface area contributed by atoms with E-state index in [4.69, 9.17) is 9.72 Å². The number of aromatic amines is 1. The van der Waals surface area contributed by atoms with E-state index < -0.39 is 0 Å². The highest BCUT2D eigenvalue weighted by molar-refractivity contribution is 7.21. The topological polar surface area (TPSA) is 55.0 Å². The van der Waals surface area contributed by atoms with Gasteiger partial charge in [-0.1, -0.05) is 60.7 Å². The van der Waals surface area contributed by atoms with E-state index in [2.05, 4.69) is 4.98 Å². The maximum absolute atomic E-state index is 12.9. The van der Waals surface area contributed by atoms with Crippen LogP contribution in [0, 0.1) is 0 Å². The predicted molar refractivity (Wildman–Crippen MR) is 120 cm³/mol. The Balaban J connectivity index is 1.76. The Labute approximate surface area is 171 Å². The molecule has 5 heteroatoms. The number of rotatable bonds is 4. The smallest absolute Gasteiger partial charge is 0.259 e. The predicted octanol–water partition coefficient (Wildman–Crippen LogP) is 5.87. The number of hydrogen-bond donors (Lipinski definition) is 1. The van der Waals surface area contributed by atoms with Gasteiger partial charge in [-0.3, -0.25) is 4.79 Å². The zero-order chi connectivity index (χ0) is 19.8. The van der Waals surface area contributed by atoms with Crippen molar-refractivity contribution in [2.24, 2.45) is 0 Å². The normalized spacial score (nSPS) is 11.2. The quantitative estimate of drug-likeness (QED) is 0.412. The minimum atomic E-state index is -0.140. The van der Waals surface area contributed by atoms with Crippen molar-refractivity contribution < 1.29 is 4.74 Å². The number of aromatic nitrogens is 2. The second-order valence-electron chi connectivity index (χ2n) is 6.70. The lowest BCUT2D eigenvalue weighted by Gasteiger charge is -2.12. The molecule has 0 unspecified atom stereocenters. The van der Waals surface area contributed by atoms with Crippen LogP contribution in [-0.2, 0) is 0 Å². The van der Waals surface area contributed by atoms with Gasteiger partial charge in [0.2, 0.25) is 0 Å². The van der Waals surface area contributed by atoms with Gasteiger partial charge in [-0.25, -0.2) is 4.98 Å². The van der Waals surface area contributed by atoms with Crippen LogP contribution in [0.5, 0.6) is 5.75 Å². The van der Waals surface area contributed by atoms with Crippen molar-refractivity contribution >= 4 is 32.3 Å². The van der Waals surface area contributed by atoms with Crippen molar-refractivity contribution in [2.75, 3.05) is 6.61 Å². The highest BCUT2D eigenvalue weighted by Crippen LogP contribution is 2.37. The van der Waals surface area contributed by atoms with Gasteiger partial charge in [0.05, 0.1) is 17.6 Å². The third-order valence-corrected chi connectivity index (χ3v) is 5.97. The van der Waals surface area contributed by atoms with Gasteiger partial charge in [-0.05, 0) is 35.4 Å². The van der Waals surface area contributed by atoms with Gasteiger partial charge in [-0.2, -0.15) is 0 Å². The molecule has 0 aliphatic carbocycles. The molecule has 0 bridgehead atoms. The lowest BCUT2D eigenvalue weighted by Crippen LogP contribution is -2.09. The number of nitrogens with zero attached hydrogens (tertiary/aromatic N) is 1. The Kier molecular flexibility index (Phi) is 4.37. The van der Waals surface area contributed by atoms with E-state index in [0.29, 0.717) is 23.6 Å². The van der Waals surface area contributed by atoms with E-state index in [9.17, 15) is 4.79 Å². The molecule has 5 aromatic rings. The Morgan fingerprint density at radius 3 is 2.59 bits per heavy atom. The van der Waals surface area contributed by atoms with Crippen LogP contribution in [0.2, 0.25) is 0 Å². The third kappa shape index (κ3) is 3.09. The minimum Gasteiger partial charge on any atom is -0.493 e. The van der Waals surface area contributed by atoms with Crippen LogP contribution >= 0.6 is 11.3 Å². The number of fused-ring (bicyclic) bond motifs is 2. The number of H-pyrrole nitrogens is 1. The first-order chi connectivity index (χ1) is 14.2. The minimum absolute atomic E-state index is 0.140. The van der Waals surface area contributed by atoms with Gasteiger partial charge in [0.25, 0.3) is 5.56 Å². The van der Waals surface area contributed by atoms with Crippen LogP contribution in [0.15, 0.2) is 77.6 Å². The van der Waals surface area contributed by atoms with Gasteiger partial charge < -0.3 is 9.72 Å². The number of nitrogens with one attached hydrogen (secondary N) is 1. The van der Waals surface area contributed by atoms with Gasteiger partial charge in [0, 0.05) is 4.88 Å². The molecule has 0 radical (unpaired) electrons. The maximum atomic E-state index is 12.9. The molecule has 2 aromatic heterocycles. The van der Waals surface area contributed by atoms with Crippen LogP contribution in [0.3, 0.4) is 0 Å². The molecular weight excluding hydrogens is 380 g/mol. The molecule has 4 nitrogen and oxygen atoms in total. The van der Waals surface area contributed by atoms with Gasteiger partial charge in [-0.15, -0.1) is 11.3 Å². The van der Waals surface area contributed by atoms with Crippen LogP contribution in [0.25, 0.3) is 42.8 Å². The molecule has 0 aliphatic heterocycles. The number of benzene rings is 3. The summed E-state index contributed by atoms with van der Waals surface area (Å²) in [6, 6.07) is 24.0. The van der Waals surface area contributed by atoms with Crippen LogP contribution in [0.1, 0.15) is 6.92 Å². The molecular formula is C24H18N2O2S. The Bertz CT molecular complexity index is 1390. The molecule has 0 spiro atoms. The van der Waals surface area contributed by atoms with Crippen molar-refractivity contribution in [3.8, 4) is 27.6 Å². The average molecular weight is 398 g/mol. The van der Waals surface area contributed by atoms with Crippen molar-refractivity contribution in [3.63, 3.8) is 0 Å². The summed E-state index contributed by atoms with van der Waals surface area (Å²) < 4.78 is 5.87. The summed E-state index contributed by atoms with van der Waals surface area (Å²) >= 11 is 1.53. The Morgan fingerprint density at radius 2 is 1.76 bits per heavy atom. The summed E-state index contributed by atoms with van der Waals surface area (Å²) in [6.45, 7) is 2.48. The van der Waals surface area contributed by atoms with Crippen molar-refractivity contribution in [3.05, 3.63) is 83.2 Å². The van der Waals surface area contributed by atoms with Crippen LogP contribution < -0.4 is 10.3 Å². The fraction of sp³-hybridized carbons (Fsp3) is 0.0833. The first-order valence-corrected chi connectivity index (χ1v) is 10.3. The third-order valence-electron chi connectivity index (χ3n) is 4.89. The first-order valence-electron chi connectivity index (χ1n) is 9.49. The zero-order valence-corrected chi connectivity index (χ0v) is 16.6. The molecule has 3 aromatic carbocycles. The molecule has 0 saturated carbocycles. The van der Waals surface area contributed by atoms with Crippen molar-refractivity contribution in [1.29, 1.82) is 0 Å². The van der Waals surface area contributed by atoms with E-state index in [0.717, 1.165) is 31.6 Å². The summed E-state index contributed by atoms with van der Waals surface area (Å²) in [6.07, 6.45) is 0. The summed E-state index contributed by atoms with van der Waals surface area (Å²) in [4.78, 5) is 22.5. The van der Waals surface area contributed by atoms with E-state index in [-0.39, 0.29) is 5.56 Å². The van der Waals surface area contributed by atoms with Crippen LogP contribution in [0.4, 0.5) is 0 Å². The lowest BCUT2D eigenvalue weighted by molar-refractivity contribution is 0.342. The summed E-state index contributed by atoms with van der Waals surface area (Å²) in [7, 11) is 0. The molecule has 0 aliphatic rings. The summed E-state index contributed by atoms with van der Waals surface area (Å²) in [5.41, 5.74) is 1.76. The Morgan fingerprint density at radius 1 is 0.966 bits per heavy atom. The molecule has 0 fully saturated rings. The SMILES string of the molecule is CCOc1ccc2ccccc2c1-c1nc2sc(-c3ccccc3)cc2c(=O)[nH]1.